The van der Waals surface area contributed by atoms with E-state index in [-0.39, 0.29) is 11.9 Å². The van der Waals surface area contributed by atoms with Crippen molar-refractivity contribution in [3.8, 4) is 0 Å². The lowest BCUT2D eigenvalue weighted by Crippen LogP contribution is -2.51. The number of thiophene rings is 1. The van der Waals surface area contributed by atoms with Gasteiger partial charge in [-0.3, -0.25) is 9.69 Å². The van der Waals surface area contributed by atoms with Gasteiger partial charge in [0.05, 0.1) is 12.6 Å². The van der Waals surface area contributed by atoms with Crippen LogP contribution in [-0.4, -0.2) is 68.2 Å². The van der Waals surface area contributed by atoms with E-state index < -0.39 is 10.0 Å². The lowest BCUT2D eigenvalue weighted by Gasteiger charge is -2.35. The number of benzene rings is 1. The molecule has 3 rings (SSSR count). The van der Waals surface area contributed by atoms with Gasteiger partial charge in [0.2, 0.25) is 5.91 Å². The molecular formula is C19H25N3O3S2. The van der Waals surface area contributed by atoms with Gasteiger partial charge in [-0.05, 0) is 23.9 Å². The minimum atomic E-state index is -3.41. The fraction of sp³-hybridized carbons (Fsp3) is 0.421. The monoisotopic (exact) mass is 407 g/mol. The Morgan fingerprint density at radius 3 is 2.37 bits per heavy atom. The molecule has 0 N–H and O–H groups in total. The molecule has 1 aromatic carbocycles. The Morgan fingerprint density at radius 1 is 1.11 bits per heavy atom. The van der Waals surface area contributed by atoms with Crippen molar-refractivity contribution in [3.63, 3.8) is 0 Å². The van der Waals surface area contributed by atoms with Crippen LogP contribution in [0.2, 0.25) is 0 Å². The van der Waals surface area contributed by atoms with E-state index in [2.05, 4.69) is 0 Å². The number of likely N-dealkylation sites (N-methyl/N-ethyl adjacent to an activating group) is 1. The minimum Gasteiger partial charge on any atom is -0.338 e. The topological polar surface area (TPSA) is 60.9 Å². The summed E-state index contributed by atoms with van der Waals surface area (Å²) < 4.78 is 27.0. The molecule has 1 atom stereocenters. The number of hydrogen-bond donors (Lipinski definition) is 0. The Kier molecular flexibility index (Phi) is 6.31. The molecule has 1 aliphatic heterocycles. The predicted molar refractivity (Wildman–Crippen MR) is 107 cm³/mol. The Bertz CT molecular complexity index is 846. The third-order valence-electron chi connectivity index (χ3n) is 5.04. The van der Waals surface area contributed by atoms with Gasteiger partial charge in [0.1, 0.15) is 4.21 Å². The molecule has 1 aliphatic rings. The first-order valence-corrected chi connectivity index (χ1v) is 11.3. The first-order chi connectivity index (χ1) is 12.9. The quantitative estimate of drug-likeness (QED) is 0.737. The minimum absolute atomic E-state index is 0.000745. The maximum Gasteiger partial charge on any atom is 0.252 e. The van der Waals surface area contributed by atoms with Crippen molar-refractivity contribution >= 4 is 27.3 Å². The number of amides is 1. The number of nitrogens with zero attached hydrogens (tertiary/aromatic N) is 3. The van der Waals surface area contributed by atoms with E-state index >= 15 is 0 Å². The third kappa shape index (κ3) is 4.57. The molecular weight excluding hydrogens is 382 g/mol. The Hall–Kier alpha value is -1.74. The van der Waals surface area contributed by atoms with Gasteiger partial charge in [-0.1, -0.05) is 36.4 Å². The van der Waals surface area contributed by atoms with Gasteiger partial charge in [-0.15, -0.1) is 11.3 Å². The van der Waals surface area contributed by atoms with Crippen molar-refractivity contribution in [2.45, 2.75) is 17.2 Å². The normalized spacial score (nSPS) is 17.6. The predicted octanol–water partition coefficient (Wildman–Crippen LogP) is 2.27. The van der Waals surface area contributed by atoms with Crippen LogP contribution in [0.4, 0.5) is 0 Å². The molecule has 0 aliphatic carbocycles. The Morgan fingerprint density at radius 2 is 1.78 bits per heavy atom. The van der Waals surface area contributed by atoms with Crippen LogP contribution in [0.3, 0.4) is 0 Å². The van der Waals surface area contributed by atoms with E-state index in [1.165, 1.54) is 15.6 Å². The van der Waals surface area contributed by atoms with Crippen molar-refractivity contribution in [2.75, 3.05) is 39.8 Å². The fourth-order valence-corrected chi connectivity index (χ4v) is 5.71. The van der Waals surface area contributed by atoms with Crippen LogP contribution in [0.15, 0.2) is 52.1 Å². The zero-order valence-electron chi connectivity index (χ0n) is 15.6. The van der Waals surface area contributed by atoms with Crippen molar-refractivity contribution in [1.29, 1.82) is 0 Å². The highest BCUT2D eigenvalue weighted by Crippen LogP contribution is 2.22. The van der Waals surface area contributed by atoms with E-state index in [4.69, 9.17) is 0 Å². The second-order valence-corrected chi connectivity index (χ2v) is 9.82. The van der Waals surface area contributed by atoms with Crippen molar-refractivity contribution in [1.82, 2.24) is 14.1 Å². The largest absolute Gasteiger partial charge is 0.338 e. The van der Waals surface area contributed by atoms with Gasteiger partial charge < -0.3 is 4.90 Å². The van der Waals surface area contributed by atoms with E-state index in [1.54, 1.807) is 22.4 Å². The van der Waals surface area contributed by atoms with Crippen LogP contribution in [0, 0.1) is 0 Å². The number of rotatable bonds is 6. The highest BCUT2D eigenvalue weighted by molar-refractivity contribution is 7.91. The van der Waals surface area contributed by atoms with Gasteiger partial charge in [0, 0.05) is 33.2 Å². The van der Waals surface area contributed by atoms with Crippen molar-refractivity contribution in [2.24, 2.45) is 0 Å². The first kappa shape index (κ1) is 20.0. The van der Waals surface area contributed by atoms with Crippen molar-refractivity contribution < 1.29 is 13.2 Å². The molecule has 8 heteroatoms. The highest BCUT2D eigenvalue weighted by Gasteiger charge is 2.30. The van der Waals surface area contributed by atoms with E-state index in [1.807, 2.05) is 49.2 Å². The summed E-state index contributed by atoms with van der Waals surface area (Å²) in [6.07, 6.45) is 0. The van der Waals surface area contributed by atoms with Crippen LogP contribution in [0.1, 0.15) is 18.5 Å². The third-order valence-corrected chi connectivity index (χ3v) is 8.31. The van der Waals surface area contributed by atoms with Gasteiger partial charge in [-0.25, -0.2) is 8.42 Å². The maximum absolute atomic E-state index is 12.6. The van der Waals surface area contributed by atoms with Crippen LogP contribution >= 0.6 is 11.3 Å². The summed E-state index contributed by atoms with van der Waals surface area (Å²) in [5.74, 6) is 0.0425. The summed E-state index contributed by atoms with van der Waals surface area (Å²) in [4.78, 5) is 16.4. The summed E-state index contributed by atoms with van der Waals surface area (Å²) >= 11 is 1.24. The summed E-state index contributed by atoms with van der Waals surface area (Å²) in [5.41, 5.74) is 1.10. The number of sulfonamides is 1. The lowest BCUT2D eigenvalue weighted by atomic mass is 10.1. The average molecular weight is 408 g/mol. The molecule has 6 nitrogen and oxygen atoms in total. The summed E-state index contributed by atoms with van der Waals surface area (Å²) in [6, 6.07) is 13.3. The molecule has 0 radical (unpaired) electrons. The lowest BCUT2D eigenvalue weighted by molar-refractivity contribution is -0.133. The second kappa shape index (κ2) is 8.52. The highest BCUT2D eigenvalue weighted by atomic mass is 32.2. The number of carbonyl (C=O) groups is 1. The molecule has 2 heterocycles. The van der Waals surface area contributed by atoms with E-state index in [0.717, 1.165) is 5.56 Å². The van der Waals surface area contributed by atoms with Gasteiger partial charge in [0.25, 0.3) is 10.0 Å². The van der Waals surface area contributed by atoms with Crippen molar-refractivity contribution in [3.05, 3.63) is 53.4 Å². The summed E-state index contributed by atoms with van der Waals surface area (Å²) in [7, 11) is -1.59. The zero-order chi connectivity index (χ0) is 19.4. The number of piperazine rings is 1. The zero-order valence-corrected chi connectivity index (χ0v) is 17.2. The SMILES string of the molecule is C[C@H](c1ccccc1)N(C)C(=O)CN1CCN(S(=O)(=O)c2cccs2)CC1. The van der Waals surface area contributed by atoms with Crippen LogP contribution in [-0.2, 0) is 14.8 Å². The molecule has 146 valence electrons. The average Bonchev–Trinajstić information content (AvgIpc) is 3.23. The molecule has 27 heavy (non-hydrogen) atoms. The summed E-state index contributed by atoms with van der Waals surface area (Å²) in [6.45, 7) is 4.25. The van der Waals surface area contributed by atoms with E-state index in [9.17, 15) is 13.2 Å². The molecule has 0 spiro atoms. The van der Waals surface area contributed by atoms with Gasteiger partial charge >= 0.3 is 0 Å². The number of hydrogen-bond acceptors (Lipinski definition) is 5. The molecule has 1 aromatic heterocycles. The molecule has 1 saturated heterocycles. The Balaban J connectivity index is 1.54. The Labute approximate surface area is 165 Å². The molecule has 0 unspecified atom stereocenters. The van der Waals surface area contributed by atoms with Crippen LogP contribution in [0.25, 0.3) is 0 Å². The molecule has 0 bridgehead atoms. The first-order valence-electron chi connectivity index (χ1n) is 8.96. The van der Waals surface area contributed by atoms with Crippen LogP contribution in [0.5, 0.6) is 0 Å². The summed E-state index contributed by atoms with van der Waals surface area (Å²) in [5, 5.41) is 1.77. The van der Waals surface area contributed by atoms with Crippen LogP contribution < -0.4 is 0 Å². The second-order valence-electron chi connectivity index (χ2n) is 6.70. The molecule has 1 amide bonds. The van der Waals surface area contributed by atoms with Gasteiger partial charge in [-0.2, -0.15) is 4.31 Å². The molecule has 0 saturated carbocycles. The molecule has 1 fully saturated rings. The number of carbonyl (C=O) groups excluding carboxylic acids is 1. The van der Waals surface area contributed by atoms with Gasteiger partial charge in [0.15, 0.2) is 0 Å². The maximum atomic E-state index is 12.6. The molecule has 2 aromatic rings. The fourth-order valence-electron chi connectivity index (χ4n) is 3.14. The van der Waals surface area contributed by atoms with E-state index in [0.29, 0.717) is 36.9 Å². The standard InChI is InChI=1S/C19H25N3O3S2/c1-16(17-7-4-3-5-8-17)20(2)18(23)15-21-10-12-22(13-11-21)27(24,25)19-9-6-14-26-19/h3-9,14,16H,10-13,15H2,1-2H3/t16-/m1/s1. The smallest absolute Gasteiger partial charge is 0.252 e.